The average Bonchev–Trinajstić information content (AvgIpc) is 2.88. The van der Waals surface area contributed by atoms with Gasteiger partial charge in [0.05, 0.1) is 5.54 Å². The van der Waals surface area contributed by atoms with Crippen molar-refractivity contribution < 1.29 is 0 Å². The van der Waals surface area contributed by atoms with E-state index in [1.54, 1.807) is 6.20 Å². The third kappa shape index (κ3) is 1.50. The Kier molecular flexibility index (Phi) is 1.89. The summed E-state index contributed by atoms with van der Waals surface area (Å²) in [5.41, 5.74) is 0.109. The monoisotopic (exact) mass is 183 g/mol. The lowest BCUT2D eigenvalue weighted by molar-refractivity contribution is 0.819. The summed E-state index contributed by atoms with van der Waals surface area (Å²) in [7, 11) is 0. The number of hydrogen-bond acceptors (Lipinski definition) is 3. The number of hydrogen-bond donors (Lipinski definition) is 1. The van der Waals surface area contributed by atoms with Crippen molar-refractivity contribution in [2.24, 2.45) is 0 Å². The van der Waals surface area contributed by atoms with E-state index < -0.39 is 0 Å². The predicted molar refractivity (Wildman–Crippen MR) is 48.3 cm³/mol. The Morgan fingerprint density at radius 1 is 1.58 bits per heavy atom. The topological polar surface area (TPSA) is 37.8 Å². The Labute approximate surface area is 76.1 Å². The molecule has 1 aromatic rings. The molecule has 2 rings (SSSR count). The van der Waals surface area contributed by atoms with Crippen LogP contribution in [0.2, 0.25) is 0 Å². The van der Waals surface area contributed by atoms with Gasteiger partial charge in [0, 0.05) is 12.1 Å². The van der Waals surface area contributed by atoms with Crippen LogP contribution in [0.1, 0.15) is 12.8 Å². The van der Waals surface area contributed by atoms with Crippen molar-refractivity contribution in [2.75, 3.05) is 11.2 Å². The smallest absolute Gasteiger partial charge is 0.149 e. The summed E-state index contributed by atoms with van der Waals surface area (Å²) in [6.07, 6.45) is 3.92. The molecular weight excluding hydrogens is 174 g/mol. The van der Waals surface area contributed by atoms with Gasteiger partial charge in [-0.2, -0.15) is 5.10 Å². The van der Waals surface area contributed by atoms with Gasteiger partial charge >= 0.3 is 0 Å². The minimum atomic E-state index is 0.109. The molecule has 1 N–H and O–H groups in total. The van der Waals surface area contributed by atoms with Gasteiger partial charge in [-0.05, 0) is 25.0 Å². The van der Waals surface area contributed by atoms with Gasteiger partial charge in [-0.25, -0.2) is 0 Å². The highest BCUT2D eigenvalue weighted by atomic mass is 35.5. The zero-order valence-electron chi connectivity index (χ0n) is 6.63. The molecule has 0 bridgehead atoms. The van der Waals surface area contributed by atoms with E-state index in [1.807, 2.05) is 12.1 Å². The van der Waals surface area contributed by atoms with Gasteiger partial charge in [0.15, 0.2) is 0 Å². The highest BCUT2D eigenvalue weighted by Gasteiger charge is 2.42. The van der Waals surface area contributed by atoms with Gasteiger partial charge in [0.2, 0.25) is 0 Å². The first-order valence-corrected chi connectivity index (χ1v) is 4.50. The molecule has 0 unspecified atom stereocenters. The van der Waals surface area contributed by atoms with Crippen molar-refractivity contribution in [3.8, 4) is 0 Å². The Hall–Kier alpha value is -0.830. The zero-order valence-corrected chi connectivity index (χ0v) is 7.38. The van der Waals surface area contributed by atoms with Crippen molar-refractivity contribution in [3.63, 3.8) is 0 Å². The quantitative estimate of drug-likeness (QED) is 0.725. The van der Waals surface area contributed by atoms with Gasteiger partial charge in [-0.1, -0.05) is 0 Å². The summed E-state index contributed by atoms with van der Waals surface area (Å²) in [6, 6.07) is 3.76. The van der Waals surface area contributed by atoms with Crippen LogP contribution in [0.5, 0.6) is 0 Å². The maximum absolute atomic E-state index is 5.79. The lowest BCUT2D eigenvalue weighted by atomic mass is 10.3. The summed E-state index contributed by atoms with van der Waals surface area (Å²) in [5.74, 6) is 1.46. The van der Waals surface area contributed by atoms with Crippen molar-refractivity contribution in [2.45, 2.75) is 18.4 Å². The molecule has 0 radical (unpaired) electrons. The van der Waals surface area contributed by atoms with Crippen LogP contribution in [0.3, 0.4) is 0 Å². The van der Waals surface area contributed by atoms with E-state index in [9.17, 15) is 0 Å². The number of halogens is 1. The minimum Gasteiger partial charge on any atom is -0.362 e. The van der Waals surface area contributed by atoms with E-state index in [0.29, 0.717) is 5.88 Å². The van der Waals surface area contributed by atoms with E-state index in [-0.39, 0.29) is 5.54 Å². The Bertz CT molecular complexity index is 258. The van der Waals surface area contributed by atoms with E-state index in [0.717, 1.165) is 18.7 Å². The van der Waals surface area contributed by atoms with Crippen molar-refractivity contribution in [1.82, 2.24) is 10.2 Å². The predicted octanol–water partition coefficient (Wildman–Crippen LogP) is 1.66. The van der Waals surface area contributed by atoms with E-state index in [1.165, 1.54) is 0 Å². The Morgan fingerprint density at radius 2 is 2.42 bits per heavy atom. The van der Waals surface area contributed by atoms with E-state index in [4.69, 9.17) is 11.6 Å². The van der Waals surface area contributed by atoms with Gasteiger partial charge in [0.25, 0.3) is 0 Å². The number of aromatic nitrogens is 2. The van der Waals surface area contributed by atoms with Gasteiger partial charge in [-0.15, -0.1) is 16.7 Å². The molecule has 64 valence electrons. The van der Waals surface area contributed by atoms with Crippen LogP contribution in [0.15, 0.2) is 18.3 Å². The second-order valence-electron chi connectivity index (χ2n) is 3.15. The molecule has 1 fully saturated rings. The third-order valence-corrected chi connectivity index (χ3v) is 2.59. The number of anilines is 1. The van der Waals surface area contributed by atoms with Crippen LogP contribution < -0.4 is 5.32 Å². The summed E-state index contributed by atoms with van der Waals surface area (Å²) in [6.45, 7) is 0. The lowest BCUT2D eigenvalue weighted by Crippen LogP contribution is -2.23. The SMILES string of the molecule is ClCC1(Nc2cccnn2)CC1. The molecule has 0 atom stereocenters. The van der Waals surface area contributed by atoms with Crippen LogP contribution in [0.4, 0.5) is 5.82 Å². The summed E-state index contributed by atoms with van der Waals surface area (Å²) >= 11 is 5.79. The molecule has 0 aromatic carbocycles. The van der Waals surface area contributed by atoms with Crippen molar-refractivity contribution in [1.29, 1.82) is 0 Å². The fourth-order valence-corrected chi connectivity index (χ4v) is 1.42. The first-order chi connectivity index (χ1) is 5.85. The molecule has 1 heterocycles. The van der Waals surface area contributed by atoms with Crippen molar-refractivity contribution in [3.05, 3.63) is 18.3 Å². The average molecular weight is 184 g/mol. The maximum atomic E-state index is 5.79. The fraction of sp³-hybridized carbons (Fsp3) is 0.500. The Balaban J connectivity index is 2.04. The van der Waals surface area contributed by atoms with Crippen LogP contribution in [-0.4, -0.2) is 21.6 Å². The van der Waals surface area contributed by atoms with Gasteiger partial charge < -0.3 is 5.32 Å². The molecule has 0 amide bonds. The minimum absolute atomic E-state index is 0.109. The number of nitrogens with zero attached hydrogens (tertiary/aromatic N) is 2. The number of nitrogens with one attached hydrogen (secondary N) is 1. The molecule has 3 nitrogen and oxygen atoms in total. The first kappa shape index (κ1) is 7.80. The van der Waals surface area contributed by atoms with Crippen LogP contribution in [0.25, 0.3) is 0 Å². The normalized spacial score (nSPS) is 18.8. The van der Waals surface area contributed by atoms with E-state index in [2.05, 4.69) is 15.5 Å². The molecule has 0 spiro atoms. The fourth-order valence-electron chi connectivity index (χ4n) is 1.08. The number of alkyl halides is 1. The molecule has 4 heteroatoms. The van der Waals surface area contributed by atoms with E-state index >= 15 is 0 Å². The molecule has 1 saturated carbocycles. The van der Waals surface area contributed by atoms with Gasteiger partial charge in [0.1, 0.15) is 5.82 Å². The van der Waals surface area contributed by atoms with Crippen LogP contribution in [0, 0.1) is 0 Å². The second-order valence-corrected chi connectivity index (χ2v) is 3.42. The number of rotatable bonds is 3. The standard InChI is InChI=1S/C8H10ClN3/c9-6-8(3-4-8)11-7-2-1-5-10-12-7/h1-2,5H,3-4,6H2,(H,11,12). The highest BCUT2D eigenvalue weighted by molar-refractivity contribution is 6.19. The molecule has 1 aromatic heterocycles. The third-order valence-electron chi connectivity index (χ3n) is 2.07. The van der Waals surface area contributed by atoms with Crippen LogP contribution >= 0.6 is 11.6 Å². The molecule has 12 heavy (non-hydrogen) atoms. The summed E-state index contributed by atoms with van der Waals surface area (Å²) in [4.78, 5) is 0. The largest absolute Gasteiger partial charge is 0.362 e. The molecule has 1 aliphatic carbocycles. The Morgan fingerprint density at radius 3 is 2.92 bits per heavy atom. The summed E-state index contributed by atoms with van der Waals surface area (Å²) < 4.78 is 0. The molecule has 0 aliphatic heterocycles. The maximum Gasteiger partial charge on any atom is 0.149 e. The summed E-state index contributed by atoms with van der Waals surface area (Å²) in [5, 5.41) is 11.0. The molecular formula is C8H10ClN3. The first-order valence-electron chi connectivity index (χ1n) is 3.97. The second kappa shape index (κ2) is 2.90. The lowest BCUT2D eigenvalue weighted by Gasteiger charge is -2.13. The van der Waals surface area contributed by atoms with Gasteiger partial charge in [-0.3, -0.25) is 0 Å². The van der Waals surface area contributed by atoms with Crippen LogP contribution in [-0.2, 0) is 0 Å². The molecule has 1 aliphatic rings. The molecule has 0 saturated heterocycles. The highest BCUT2D eigenvalue weighted by Crippen LogP contribution is 2.39. The zero-order chi connectivity index (χ0) is 8.44. The van der Waals surface area contributed by atoms with Crippen molar-refractivity contribution >= 4 is 17.4 Å².